The van der Waals surface area contributed by atoms with Crippen LogP contribution in [0.2, 0.25) is 0 Å². The molecule has 24 heavy (non-hydrogen) atoms. The molecule has 1 heterocycles. The fourth-order valence-corrected chi connectivity index (χ4v) is 3.67. The number of amides is 1. The molecule has 0 aliphatic carbocycles. The standard InChI is InChI=1S/C18H25NO4S/c1-23-12-4-10-18(17(21)22)9-3-11-19(13-18)16(20)14-5-7-15(24-2)8-6-14/h5-8H,3-4,9-13H2,1-2H3,(H,21,22)/t18-/m0/s1. The Hall–Kier alpha value is -1.53. The van der Waals surface area contributed by atoms with Gasteiger partial charge in [0.25, 0.3) is 5.91 Å². The van der Waals surface area contributed by atoms with Crippen LogP contribution in [0.5, 0.6) is 0 Å². The van der Waals surface area contributed by atoms with Crippen molar-refractivity contribution in [1.29, 1.82) is 0 Å². The maximum atomic E-state index is 12.7. The number of ether oxygens (including phenoxy) is 1. The van der Waals surface area contributed by atoms with E-state index in [4.69, 9.17) is 4.74 Å². The lowest BCUT2D eigenvalue weighted by molar-refractivity contribution is -0.152. The second-order valence-corrected chi connectivity index (χ2v) is 7.12. The van der Waals surface area contributed by atoms with Gasteiger partial charge in [-0.2, -0.15) is 0 Å². The molecule has 2 rings (SSSR count). The topological polar surface area (TPSA) is 66.8 Å². The van der Waals surface area contributed by atoms with Crippen LogP contribution in [0.1, 0.15) is 36.0 Å². The predicted octanol–water partition coefficient (Wildman–Crippen LogP) is 3.14. The second kappa shape index (κ2) is 8.53. The van der Waals surface area contributed by atoms with Crippen LogP contribution in [-0.4, -0.2) is 54.9 Å². The van der Waals surface area contributed by atoms with Gasteiger partial charge in [-0.15, -0.1) is 11.8 Å². The Bertz CT molecular complexity index is 575. The van der Waals surface area contributed by atoms with Gasteiger partial charge in [0, 0.05) is 37.3 Å². The van der Waals surface area contributed by atoms with Crippen LogP contribution in [0.4, 0.5) is 0 Å². The molecule has 0 bridgehead atoms. The van der Waals surface area contributed by atoms with E-state index in [-0.39, 0.29) is 12.5 Å². The lowest BCUT2D eigenvalue weighted by atomic mass is 9.76. The molecule has 1 atom stereocenters. The van der Waals surface area contributed by atoms with Gasteiger partial charge < -0.3 is 14.7 Å². The number of likely N-dealkylation sites (tertiary alicyclic amines) is 1. The van der Waals surface area contributed by atoms with Crippen LogP contribution in [0.3, 0.4) is 0 Å². The fourth-order valence-electron chi connectivity index (χ4n) is 3.26. The van der Waals surface area contributed by atoms with Gasteiger partial charge in [-0.3, -0.25) is 9.59 Å². The molecule has 132 valence electrons. The van der Waals surface area contributed by atoms with Crippen molar-refractivity contribution in [3.8, 4) is 0 Å². The van der Waals surface area contributed by atoms with E-state index >= 15 is 0 Å². The molecule has 0 aromatic heterocycles. The highest BCUT2D eigenvalue weighted by molar-refractivity contribution is 7.98. The number of hydrogen-bond acceptors (Lipinski definition) is 4. The first kappa shape index (κ1) is 18.8. The van der Waals surface area contributed by atoms with Crippen molar-refractivity contribution in [3.63, 3.8) is 0 Å². The van der Waals surface area contributed by atoms with Gasteiger partial charge in [0.1, 0.15) is 0 Å². The first-order chi connectivity index (χ1) is 11.5. The minimum Gasteiger partial charge on any atom is -0.481 e. The van der Waals surface area contributed by atoms with Gasteiger partial charge >= 0.3 is 5.97 Å². The van der Waals surface area contributed by atoms with Gasteiger partial charge in [-0.1, -0.05) is 0 Å². The Labute approximate surface area is 147 Å². The highest BCUT2D eigenvalue weighted by Crippen LogP contribution is 2.35. The predicted molar refractivity (Wildman–Crippen MR) is 94.5 cm³/mol. The normalized spacial score (nSPS) is 20.8. The number of piperidine rings is 1. The van der Waals surface area contributed by atoms with Crippen molar-refractivity contribution in [1.82, 2.24) is 4.90 Å². The molecule has 0 saturated carbocycles. The van der Waals surface area contributed by atoms with E-state index in [1.54, 1.807) is 23.8 Å². The molecule has 1 fully saturated rings. The van der Waals surface area contributed by atoms with E-state index in [9.17, 15) is 14.7 Å². The summed E-state index contributed by atoms with van der Waals surface area (Å²) in [5.74, 6) is -0.895. The van der Waals surface area contributed by atoms with E-state index in [1.807, 2.05) is 30.5 Å². The third-order valence-electron chi connectivity index (χ3n) is 4.66. The maximum absolute atomic E-state index is 12.7. The van der Waals surface area contributed by atoms with Crippen molar-refractivity contribution in [2.75, 3.05) is 33.1 Å². The molecule has 1 aromatic carbocycles. The number of nitrogens with zero attached hydrogens (tertiary/aromatic N) is 1. The van der Waals surface area contributed by atoms with Crippen LogP contribution in [-0.2, 0) is 9.53 Å². The summed E-state index contributed by atoms with van der Waals surface area (Å²) in [6.45, 7) is 1.43. The third-order valence-corrected chi connectivity index (χ3v) is 5.40. The van der Waals surface area contributed by atoms with Crippen molar-refractivity contribution >= 4 is 23.6 Å². The minimum absolute atomic E-state index is 0.0836. The molecule has 0 radical (unpaired) electrons. The molecule has 0 unspecified atom stereocenters. The number of carboxylic acid groups (broad SMARTS) is 1. The largest absolute Gasteiger partial charge is 0.481 e. The summed E-state index contributed by atoms with van der Waals surface area (Å²) in [6.07, 6.45) is 4.54. The van der Waals surface area contributed by atoms with Crippen molar-refractivity contribution in [2.24, 2.45) is 5.41 Å². The molecular formula is C18H25NO4S. The van der Waals surface area contributed by atoms with Crippen LogP contribution in [0.25, 0.3) is 0 Å². The average molecular weight is 351 g/mol. The summed E-state index contributed by atoms with van der Waals surface area (Å²) in [5, 5.41) is 9.74. The van der Waals surface area contributed by atoms with E-state index < -0.39 is 11.4 Å². The lowest BCUT2D eigenvalue weighted by Crippen LogP contribution is -2.50. The molecule has 5 nitrogen and oxygen atoms in total. The van der Waals surface area contributed by atoms with Gasteiger partial charge in [-0.05, 0) is 56.2 Å². The second-order valence-electron chi connectivity index (χ2n) is 6.24. The van der Waals surface area contributed by atoms with Gasteiger partial charge in [0.05, 0.1) is 5.41 Å². The zero-order chi connectivity index (χ0) is 17.6. The summed E-state index contributed by atoms with van der Waals surface area (Å²) < 4.78 is 5.05. The summed E-state index contributed by atoms with van der Waals surface area (Å²) in [6, 6.07) is 7.47. The highest BCUT2D eigenvalue weighted by atomic mass is 32.2. The molecule has 1 aliphatic heterocycles. The molecule has 1 aromatic rings. The van der Waals surface area contributed by atoms with Crippen molar-refractivity contribution < 1.29 is 19.4 Å². The molecule has 6 heteroatoms. The van der Waals surface area contributed by atoms with Gasteiger partial charge in [0.15, 0.2) is 0 Å². The van der Waals surface area contributed by atoms with Crippen LogP contribution < -0.4 is 0 Å². The quantitative estimate of drug-likeness (QED) is 0.604. The van der Waals surface area contributed by atoms with E-state index in [0.717, 1.165) is 4.90 Å². The molecule has 1 amide bonds. The lowest BCUT2D eigenvalue weighted by Gasteiger charge is -2.40. The molecule has 1 aliphatic rings. The Balaban J connectivity index is 2.11. The van der Waals surface area contributed by atoms with Crippen molar-refractivity contribution in [2.45, 2.75) is 30.6 Å². The number of benzene rings is 1. The summed E-state index contributed by atoms with van der Waals surface area (Å²) in [7, 11) is 1.61. The zero-order valence-electron chi connectivity index (χ0n) is 14.3. The highest BCUT2D eigenvalue weighted by Gasteiger charge is 2.43. The SMILES string of the molecule is COCCC[C@@]1(C(=O)O)CCCN(C(=O)c2ccc(SC)cc2)C1. The molecule has 1 saturated heterocycles. The number of hydrogen-bond donors (Lipinski definition) is 1. The Morgan fingerprint density at radius 1 is 1.33 bits per heavy atom. The first-order valence-corrected chi connectivity index (χ1v) is 9.40. The smallest absolute Gasteiger partial charge is 0.311 e. The van der Waals surface area contributed by atoms with Crippen molar-refractivity contribution in [3.05, 3.63) is 29.8 Å². The number of thioether (sulfide) groups is 1. The number of aliphatic carboxylic acids is 1. The number of carbonyl (C=O) groups is 2. The van der Waals surface area contributed by atoms with E-state index in [1.165, 1.54) is 0 Å². The van der Waals surface area contributed by atoms with Crippen LogP contribution in [0, 0.1) is 5.41 Å². The molecular weight excluding hydrogens is 326 g/mol. The maximum Gasteiger partial charge on any atom is 0.311 e. The van der Waals surface area contributed by atoms with Crippen LogP contribution in [0.15, 0.2) is 29.2 Å². The number of carbonyl (C=O) groups excluding carboxylic acids is 1. The average Bonchev–Trinajstić information content (AvgIpc) is 2.61. The van der Waals surface area contributed by atoms with E-state index in [0.29, 0.717) is 44.4 Å². The third kappa shape index (κ3) is 4.30. The molecule has 1 N–H and O–H groups in total. The van der Waals surface area contributed by atoms with Gasteiger partial charge in [0.2, 0.25) is 0 Å². The summed E-state index contributed by atoms with van der Waals surface area (Å²) in [5.41, 5.74) is -0.239. The Morgan fingerprint density at radius 3 is 2.62 bits per heavy atom. The zero-order valence-corrected chi connectivity index (χ0v) is 15.1. The number of rotatable bonds is 7. The van der Waals surface area contributed by atoms with Gasteiger partial charge in [-0.25, -0.2) is 0 Å². The number of methoxy groups -OCH3 is 1. The van der Waals surface area contributed by atoms with E-state index in [2.05, 4.69) is 0 Å². The minimum atomic E-state index is -0.856. The first-order valence-electron chi connectivity index (χ1n) is 8.18. The molecule has 0 spiro atoms. The Morgan fingerprint density at radius 2 is 2.04 bits per heavy atom. The summed E-state index contributed by atoms with van der Waals surface area (Å²) >= 11 is 1.63. The van der Waals surface area contributed by atoms with Crippen LogP contribution >= 0.6 is 11.8 Å². The number of carboxylic acids is 1. The summed E-state index contributed by atoms with van der Waals surface area (Å²) in [4.78, 5) is 27.4. The fraction of sp³-hybridized carbons (Fsp3) is 0.556. The Kier molecular flexibility index (Phi) is 6.69. The monoisotopic (exact) mass is 351 g/mol.